The third-order valence-electron chi connectivity index (χ3n) is 4.75. The van der Waals surface area contributed by atoms with Crippen LogP contribution in [-0.2, 0) is 9.59 Å². The van der Waals surface area contributed by atoms with Crippen molar-refractivity contribution in [1.82, 2.24) is 5.32 Å². The Hall–Kier alpha value is -2.37. The highest BCUT2D eigenvalue weighted by Gasteiger charge is 2.39. The van der Waals surface area contributed by atoms with Gasteiger partial charge in [-0.2, -0.15) is 0 Å². The van der Waals surface area contributed by atoms with E-state index < -0.39 is 5.97 Å². The number of hydrogen-bond donors (Lipinski definition) is 3. The summed E-state index contributed by atoms with van der Waals surface area (Å²) in [5.41, 5.74) is 0.846. The van der Waals surface area contributed by atoms with Crippen molar-refractivity contribution < 1.29 is 19.5 Å². The van der Waals surface area contributed by atoms with Crippen LogP contribution in [0.25, 0.3) is 0 Å². The molecule has 0 saturated heterocycles. The molecule has 1 fully saturated rings. The third kappa shape index (κ3) is 4.34. The minimum Gasteiger partial charge on any atom is -0.481 e. The Kier molecular flexibility index (Phi) is 5.95. The van der Waals surface area contributed by atoms with Crippen molar-refractivity contribution in [3.8, 4) is 0 Å². The molecule has 0 heterocycles. The van der Waals surface area contributed by atoms with E-state index in [1.165, 1.54) is 0 Å². The molecule has 1 aromatic rings. The Bertz CT molecular complexity index is 604. The summed E-state index contributed by atoms with van der Waals surface area (Å²) in [4.78, 5) is 34.9. The smallest absolute Gasteiger partial charge is 0.305 e. The number of nitrogens with one attached hydrogen (secondary N) is 2. The predicted octanol–water partition coefficient (Wildman–Crippen LogP) is 2.80. The van der Waals surface area contributed by atoms with Crippen molar-refractivity contribution in [2.75, 3.05) is 11.9 Å². The van der Waals surface area contributed by atoms with E-state index in [2.05, 4.69) is 17.6 Å². The largest absolute Gasteiger partial charge is 0.481 e. The van der Waals surface area contributed by atoms with E-state index in [-0.39, 0.29) is 30.2 Å². The van der Waals surface area contributed by atoms with E-state index in [4.69, 9.17) is 5.11 Å². The van der Waals surface area contributed by atoms with Crippen LogP contribution < -0.4 is 10.6 Å². The fourth-order valence-electron chi connectivity index (χ4n) is 3.15. The van der Waals surface area contributed by atoms with E-state index >= 15 is 0 Å². The summed E-state index contributed by atoms with van der Waals surface area (Å²) in [6.07, 6.45) is 4.77. The molecule has 2 rings (SSSR count). The van der Waals surface area contributed by atoms with E-state index in [0.29, 0.717) is 11.3 Å². The van der Waals surface area contributed by atoms with Crippen molar-refractivity contribution in [1.29, 1.82) is 0 Å². The number of carboxylic acid groups (broad SMARTS) is 1. The molecule has 0 spiro atoms. The average Bonchev–Trinajstić information content (AvgIpc) is 3.05. The molecular weight excluding hydrogens is 308 g/mol. The number of amides is 2. The molecule has 24 heavy (non-hydrogen) atoms. The van der Waals surface area contributed by atoms with Crippen LogP contribution in [0.5, 0.6) is 0 Å². The van der Waals surface area contributed by atoms with E-state index in [1.807, 2.05) is 0 Å². The number of benzene rings is 1. The lowest BCUT2D eigenvalue weighted by atomic mass is 9.82. The molecule has 0 radical (unpaired) electrons. The maximum atomic E-state index is 12.5. The van der Waals surface area contributed by atoms with Gasteiger partial charge in [0.25, 0.3) is 5.91 Å². The first-order valence-corrected chi connectivity index (χ1v) is 8.38. The number of rotatable bonds is 7. The molecule has 3 N–H and O–H groups in total. The van der Waals surface area contributed by atoms with Crippen LogP contribution in [0.1, 0.15) is 55.8 Å². The highest BCUT2D eigenvalue weighted by atomic mass is 16.4. The second-order valence-corrected chi connectivity index (χ2v) is 6.27. The van der Waals surface area contributed by atoms with Gasteiger partial charge in [0, 0.05) is 23.2 Å². The Labute approximate surface area is 141 Å². The van der Waals surface area contributed by atoms with Crippen molar-refractivity contribution in [2.45, 2.75) is 45.4 Å². The molecule has 2 amide bonds. The molecule has 1 aliphatic carbocycles. The van der Waals surface area contributed by atoms with Gasteiger partial charge in [-0.15, -0.1) is 0 Å². The van der Waals surface area contributed by atoms with Crippen LogP contribution in [0.4, 0.5) is 5.69 Å². The van der Waals surface area contributed by atoms with Gasteiger partial charge in [-0.1, -0.05) is 19.8 Å². The van der Waals surface area contributed by atoms with Gasteiger partial charge in [0.2, 0.25) is 5.91 Å². The quantitative estimate of drug-likeness (QED) is 0.715. The second kappa shape index (κ2) is 7.95. The summed E-state index contributed by atoms with van der Waals surface area (Å²) in [7, 11) is 0. The number of carbonyl (C=O) groups excluding carboxylic acids is 2. The number of aliphatic carboxylic acids is 1. The second-order valence-electron chi connectivity index (χ2n) is 6.27. The normalized spacial score (nSPS) is 15.7. The molecule has 0 atom stereocenters. The summed E-state index contributed by atoms with van der Waals surface area (Å²) >= 11 is 0. The highest BCUT2D eigenvalue weighted by molar-refractivity contribution is 5.97. The first-order chi connectivity index (χ1) is 11.5. The molecule has 6 nitrogen and oxygen atoms in total. The van der Waals surface area contributed by atoms with Crippen LogP contribution in [0.3, 0.4) is 0 Å². The lowest BCUT2D eigenvalue weighted by Crippen LogP contribution is -2.33. The van der Waals surface area contributed by atoms with Crippen molar-refractivity contribution in [2.24, 2.45) is 5.41 Å². The van der Waals surface area contributed by atoms with Gasteiger partial charge in [0.15, 0.2) is 0 Å². The van der Waals surface area contributed by atoms with Gasteiger partial charge in [0.05, 0.1) is 6.42 Å². The topological polar surface area (TPSA) is 95.5 Å². The van der Waals surface area contributed by atoms with Gasteiger partial charge in [0.1, 0.15) is 0 Å². The van der Waals surface area contributed by atoms with Crippen LogP contribution in [0.15, 0.2) is 24.3 Å². The van der Waals surface area contributed by atoms with Gasteiger partial charge in [-0.05, 0) is 43.5 Å². The molecule has 1 aromatic carbocycles. The van der Waals surface area contributed by atoms with Gasteiger partial charge in [-0.25, -0.2) is 0 Å². The van der Waals surface area contributed by atoms with Gasteiger partial charge in [-0.3, -0.25) is 14.4 Å². The zero-order valence-electron chi connectivity index (χ0n) is 13.9. The lowest BCUT2D eigenvalue weighted by Gasteiger charge is -2.26. The van der Waals surface area contributed by atoms with E-state index in [1.54, 1.807) is 24.3 Å². The number of anilines is 1. The maximum absolute atomic E-state index is 12.5. The molecule has 130 valence electrons. The monoisotopic (exact) mass is 332 g/mol. The molecule has 0 bridgehead atoms. The van der Waals surface area contributed by atoms with E-state index in [9.17, 15) is 14.4 Å². The zero-order valence-corrected chi connectivity index (χ0v) is 13.9. The average molecular weight is 332 g/mol. The summed E-state index contributed by atoms with van der Waals surface area (Å²) < 4.78 is 0. The molecule has 0 aromatic heterocycles. The third-order valence-corrected chi connectivity index (χ3v) is 4.75. The molecule has 0 aliphatic heterocycles. The highest BCUT2D eigenvalue weighted by Crippen LogP contribution is 2.41. The molecule has 0 unspecified atom stereocenters. The number of hydrogen-bond acceptors (Lipinski definition) is 3. The first kappa shape index (κ1) is 18.0. The van der Waals surface area contributed by atoms with Crippen molar-refractivity contribution in [3.63, 3.8) is 0 Å². The van der Waals surface area contributed by atoms with Crippen molar-refractivity contribution in [3.05, 3.63) is 29.8 Å². The van der Waals surface area contributed by atoms with Crippen LogP contribution in [0, 0.1) is 5.41 Å². The lowest BCUT2D eigenvalue weighted by molar-refractivity contribution is -0.136. The standard InChI is InChI=1S/C18H24N2O4/c1-2-18(10-3-4-11-18)17(24)20-14-7-5-13(6-8-14)16(23)19-12-9-15(21)22/h5-8H,2-4,9-12H2,1H3,(H,19,23)(H,20,24)(H,21,22). The fourth-order valence-corrected chi connectivity index (χ4v) is 3.15. The summed E-state index contributed by atoms with van der Waals surface area (Å²) in [5.74, 6) is -1.22. The Morgan fingerprint density at radius 2 is 1.75 bits per heavy atom. The van der Waals surface area contributed by atoms with Crippen LogP contribution in [0.2, 0.25) is 0 Å². The SMILES string of the molecule is CCC1(C(=O)Nc2ccc(C(=O)NCCC(=O)O)cc2)CCCC1. The molecule has 6 heteroatoms. The van der Waals surface area contributed by atoms with Gasteiger partial charge < -0.3 is 15.7 Å². The summed E-state index contributed by atoms with van der Waals surface area (Å²) in [5, 5.41) is 14.1. The number of carboxylic acids is 1. The minimum absolute atomic E-state index is 0.0566. The maximum Gasteiger partial charge on any atom is 0.305 e. The summed E-state index contributed by atoms with van der Waals surface area (Å²) in [6, 6.07) is 6.64. The molecule has 1 aliphatic rings. The molecular formula is C18H24N2O4. The van der Waals surface area contributed by atoms with Crippen LogP contribution >= 0.6 is 0 Å². The minimum atomic E-state index is -0.954. The van der Waals surface area contributed by atoms with Crippen molar-refractivity contribution >= 4 is 23.5 Å². The van der Waals surface area contributed by atoms with Gasteiger partial charge >= 0.3 is 5.97 Å². The number of carbonyl (C=O) groups is 3. The fraction of sp³-hybridized carbons (Fsp3) is 0.500. The Morgan fingerprint density at radius 1 is 1.12 bits per heavy atom. The Morgan fingerprint density at radius 3 is 2.29 bits per heavy atom. The molecule has 1 saturated carbocycles. The zero-order chi connectivity index (χ0) is 17.6. The van der Waals surface area contributed by atoms with E-state index in [0.717, 1.165) is 32.1 Å². The first-order valence-electron chi connectivity index (χ1n) is 8.38. The summed E-state index contributed by atoms with van der Waals surface area (Å²) in [6.45, 7) is 2.14. The van der Waals surface area contributed by atoms with Crippen LogP contribution in [-0.4, -0.2) is 29.4 Å². The predicted molar refractivity (Wildman–Crippen MR) is 90.8 cm³/mol. The Balaban J connectivity index is 1.93.